The monoisotopic (exact) mass is 284 g/mol. The molecule has 5 heteroatoms. The first-order valence-electron chi connectivity index (χ1n) is 5.20. The number of hydrogen-bond donors (Lipinski definition) is 2. The minimum absolute atomic E-state index is 0.188. The lowest BCUT2D eigenvalue weighted by Gasteiger charge is -2.04. The van der Waals surface area contributed by atoms with E-state index >= 15 is 0 Å². The first-order chi connectivity index (χ1) is 7.79. The van der Waals surface area contributed by atoms with Gasteiger partial charge in [-0.2, -0.15) is 0 Å². The van der Waals surface area contributed by atoms with Crippen molar-refractivity contribution >= 4 is 27.0 Å². The largest absolute Gasteiger partial charge is 0.494 e. The summed E-state index contributed by atoms with van der Waals surface area (Å²) in [6.45, 7) is 0.700. The first-order valence-corrected chi connectivity index (χ1v) is 6.32. The van der Waals surface area contributed by atoms with E-state index in [0.717, 1.165) is 35.0 Å². The molecule has 0 bridgehead atoms. The molecule has 0 aliphatic rings. The molecule has 86 valence electrons. The van der Waals surface area contributed by atoms with Gasteiger partial charge in [-0.05, 0) is 25.0 Å². The Kier molecular flexibility index (Phi) is 3.66. The fourth-order valence-electron chi connectivity index (χ4n) is 1.49. The highest BCUT2D eigenvalue weighted by atomic mass is 79.9. The Morgan fingerprint density at radius 1 is 1.19 bits per heavy atom. The molecule has 4 nitrogen and oxygen atoms in total. The second-order valence-corrected chi connectivity index (χ2v) is 4.32. The molecular weight excluding hydrogens is 272 g/mol. The van der Waals surface area contributed by atoms with Crippen LogP contribution in [0.3, 0.4) is 0 Å². The van der Waals surface area contributed by atoms with Crippen molar-refractivity contribution in [3.05, 3.63) is 28.7 Å². The lowest BCUT2D eigenvalue weighted by molar-refractivity contribution is 0.310. The molecule has 2 N–H and O–H groups in total. The number of unbranched alkanes of at least 4 members (excludes halogenated alkanes) is 1. The lowest BCUT2D eigenvalue weighted by Crippen LogP contribution is -1.99. The standard InChI is InChI=1S/C11H13BrN2O2/c12-5-1-2-6-16-8-3-4-9-10(7-8)14-11(15)13-9/h3-4,7H,1-2,5-6H2,(H2,13,14,15). The van der Waals surface area contributed by atoms with Gasteiger partial charge in [-0.3, -0.25) is 0 Å². The first kappa shape index (κ1) is 11.3. The van der Waals surface area contributed by atoms with Gasteiger partial charge in [-0.15, -0.1) is 0 Å². The zero-order valence-electron chi connectivity index (χ0n) is 8.75. The van der Waals surface area contributed by atoms with Crippen molar-refractivity contribution in [1.82, 2.24) is 9.97 Å². The van der Waals surface area contributed by atoms with Gasteiger partial charge in [0, 0.05) is 11.4 Å². The van der Waals surface area contributed by atoms with Gasteiger partial charge in [-0.1, -0.05) is 15.9 Å². The van der Waals surface area contributed by atoms with Crippen LogP contribution in [0.2, 0.25) is 0 Å². The molecule has 0 saturated heterocycles. The van der Waals surface area contributed by atoms with Gasteiger partial charge in [0.1, 0.15) is 5.75 Å². The Balaban J connectivity index is 2.04. The number of imidazole rings is 1. The number of ether oxygens (including phenoxy) is 1. The van der Waals surface area contributed by atoms with Crippen molar-refractivity contribution in [2.45, 2.75) is 12.8 Å². The van der Waals surface area contributed by atoms with Crippen molar-refractivity contribution in [3.63, 3.8) is 0 Å². The zero-order valence-corrected chi connectivity index (χ0v) is 10.3. The van der Waals surface area contributed by atoms with E-state index in [1.54, 1.807) is 0 Å². The van der Waals surface area contributed by atoms with Gasteiger partial charge in [0.15, 0.2) is 0 Å². The molecule has 0 aliphatic heterocycles. The summed E-state index contributed by atoms with van der Waals surface area (Å²) in [6.07, 6.45) is 2.12. The molecule has 0 aliphatic carbocycles. The Labute approximate surface area is 101 Å². The summed E-state index contributed by atoms with van der Waals surface area (Å²) in [5.41, 5.74) is 1.40. The number of nitrogens with one attached hydrogen (secondary N) is 2. The number of halogens is 1. The minimum Gasteiger partial charge on any atom is -0.494 e. The number of fused-ring (bicyclic) bond motifs is 1. The Morgan fingerprint density at radius 3 is 2.81 bits per heavy atom. The van der Waals surface area contributed by atoms with E-state index in [4.69, 9.17) is 4.74 Å². The van der Waals surface area contributed by atoms with Crippen LogP contribution >= 0.6 is 15.9 Å². The van der Waals surface area contributed by atoms with Crippen LogP contribution in [0.15, 0.2) is 23.0 Å². The third-order valence-corrected chi connectivity index (χ3v) is 2.84. The number of aromatic nitrogens is 2. The number of alkyl halides is 1. The Bertz CT molecular complexity index is 518. The van der Waals surface area contributed by atoms with E-state index in [1.165, 1.54) is 0 Å². The Morgan fingerprint density at radius 2 is 2.00 bits per heavy atom. The summed E-state index contributed by atoms with van der Waals surface area (Å²) in [4.78, 5) is 16.4. The van der Waals surface area contributed by atoms with Gasteiger partial charge in [0.2, 0.25) is 0 Å². The molecule has 16 heavy (non-hydrogen) atoms. The molecule has 1 heterocycles. The minimum atomic E-state index is -0.188. The van der Waals surface area contributed by atoms with Crippen LogP contribution in [0.5, 0.6) is 5.75 Å². The second kappa shape index (κ2) is 5.21. The predicted octanol–water partition coefficient (Wildman–Crippen LogP) is 2.41. The molecule has 0 atom stereocenters. The van der Waals surface area contributed by atoms with Gasteiger partial charge in [-0.25, -0.2) is 4.79 Å². The summed E-state index contributed by atoms with van der Waals surface area (Å²) in [7, 11) is 0. The SMILES string of the molecule is O=c1[nH]c2ccc(OCCCCBr)cc2[nH]1. The van der Waals surface area contributed by atoms with E-state index < -0.39 is 0 Å². The summed E-state index contributed by atoms with van der Waals surface area (Å²) >= 11 is 3.37. The zero-order chi connectivity index (χ0) is 11.4. The van der Waals surface area contributed by atoms with Gasteiger partial charge < -0.3 is 14.7 Å². The van der Waals surface area contributed by atoms with Crippen LogP contribution in [0.4, 0.5) is 0 Å². The normalized spacial score (nSPS) is 10.8. The molecule has 1 aromatic heterocycles. The number of hydrogen-bond acceptors (Lipinski definition) is 2. The van der Waals surface area contributed by atoms with Crippen LogP contribution in [0.1, 0.15) is 12.8 Å². The van der Waals surface area contributed by atoms with Crippen molar-refractivity contribution in [3.8, 4) is 5.75 Å². The van der Waals surface area contributed by atoms with Crippen molar-refractivity contribution in [2.24, 2.45) is 0 Å². The highest BCUT2D eigenvalue weighted by Crippen LogP contribution is 2.16. The smallest absolute Gasteiger partial charge is 0.323 e. The molecule has 0 unspecified atom stereocenters. The third kappa shape index (κ3) is 2.66. The topological polar surface area (TPSA) is 57.9 Å². The van der Waals surface area contributed by atoms with Gasteiger partial charge in [0.05, 0.1) is 17.6 Å². The maximum absolute atomic E-state index is 11.0. The van der Waals surface area contributed by atoms with Crippen LogP contribution < -0.4 is 10.4 Å². The van der Waals surface area contributed by atoms with E-state index in [0.29, 0.717) is 6.61 Å². The molecule has 0 spiro atoms. The number of H-pyrrole nitrogens is 2. The highest BCUT2D eigenvalue weighted by Gasteiger charge is 2.00. The van der Waals surface area contributed by atoms with Crippen LogP contribution in [0, 0.1) is 0 Å². The van der Waals surface area contributed by atoms with E-state index in [-0.39, 0.29) is 5.69 Å². The fourth-order valence-corrected chi connectivity index (χ4v) is 1.88. The average molecular weight is 285 g/mol. The average Bonchev–Trinajstić information content (AvgIpc) is 2.64. The molecule has 0 fully saturated rings. The van der Waals surface area contributed by atoms with E-state index in [1.807, 2.05) is 18.2 Å². The van der Waals surface area contributed by atoms with Crippen molar-refractivity contribution < 1.29 is 4.74 Å². The molecular formula is C11H13BrN2O2. The van der Waals surface area contributed by atoms with E-state index in [9.17, 15) is 4.79 Å². The summed E-state index contributed by atoms with van der Waals surface area (Å²) in [5, 5.41) is 1.00. The predicted molar refractivity (Wildman–Crippen MR) is 67.4 cm³/mol. The van der Waals surface area contributed by atoms with Crippen molar-refractivity contribution in [1.29, 1.82) is 0 Å². The number of rotatable bonds is 5. The summed E-state index contributed by atoms with van der Waals surface area (Å²) < 4.78 is 5.57. The lowest BCUT2D eigenvalue weighted by atomic mass is 10.3. The molecule has 0 radical (unpaired) electrons. The van der Waals surface area contributed by atoms with E-state index in [2.05, 4.69) is 25.9 Å². The summed E-state index contributed by atoms with van der Waals surface area (Å²) in [5.74, 6) is 0.789. The molecule has 2 aromatic rings. The maximum Gasteiger partial charge on any atom is 0.323 e. The van der Waals surface area contributed by atoms with Crippen molar-refractivity contribution in [2.75, 3.05) is 11.9 Å². The van der Waals surface area contributed by atoms with Crippen LogP contribution in [-0.2, 0) is 0 Å². The molecule has 1 aromatic carbocycles. The summed E-state index contributed by atoms with van der Waals surface area (Å²) in [6, 6.07) is 5.54. The van der Waals surface area contributed by atoms with Crippen LogP contribution in [-0.4, -0.2) is 21.9 Å². The fraction of sp³-hybridized carbons (Fsp3) is 0.364. The molecule has 0 saturated carbocycles. The molecule has 0 amide bonds. The third-order valence-electron chi connectivity index (χ3n) is 2.28. The van der Waals surface area contributed by atoms with Crippen LogP contribution in [0.25, 0.3) is 11.0 Å². The maximum atomic E-state index is 11.0. The van der Waals surface area contributed by atoms with Gasteiger partial charge in [0.25, 0.3) is 0 Å². The quantitative estimate of drug-likeness (QED) is 0.654. The molecule has 2 rings (SSSR count). The number of aromatic amines is 2. The second-order valence-electron chi connectivity index (χ2n) is 3.53. The highest BCUT2D eigenvalue weighted by molar-refractivity contribution is 9.09. The van der Waals surface area contributed by atoms with Gasteiger partial charge >= 0.3 is 5.69 Å². The number of benzene rings is 1. The Hall–Kier alpha value is -1.23.